The van der Waals surface area contributed by atoms with Crippen molar-refractivity contribution in [2.75, 3.05) is 27.9 Å². The number of Topliss-reactive ketones (excluding diaryl/α,β-unsaturated/α-hetero) is 1. The standard InChI is InChI=1S/C18H18O5/c1-20-12-6-4-11(5-7-12)14-10-23-16-9-13(21-2)8-15(22-3)17(16)18(14)19/h4-9,14H,10H2,1-3H3. The van der Waals surface area contributed by atoms with E-state index in [1.807, 2.05) is 24.3 Å². The van der Waals surface area contributed by atoms with Crippen LogP contribution in [0.3, 0.4) is 0 Å². The van der Waals surface area contributed by atoms with Crippen molar-refractivity contribution in [3.05, 3.63) is 47.5 Å². The van der Waals surface area contributed by atoms with Gasteiger partial charge >= 0.3 is 0 Å². The summed E-state index contributed by atoms with van der Waals surface area (Å²) < 4.78 is 21.5. The molecule has 0 saturated carbocycles. The Labute approximate surface area is 134 Å². The van der Waals surface area contributed by atoms with Crippen LogP contribution in [0, 0.1) is 0 Å². The van der Waals surface area contributed by atoms with Gasteiger partial charge < -0.3 is 18.9 Å². The molecule has 0 aliphatic carbocycles. The minimum Gasteiger partial charge on any atom is -0.497 e. The summed E-state index contributed by atoms with van der Waals surface area (Å²) in [5, 5.41) is 0. The van der Waals surface area contributed by atoms with Crippen molar-refractivity contribution in [2.24, 2.45) is 0 Å². The Morgan fingerprint density at radius 1 is 0.957 bits per heavy atom. The molecule has 0 saturated heterocycles. The first-order valence-corrected chi connectivity index (χ1v) is 7.25. The highest BCUT2D eigenvalue weighted by atomic mass is 16.5. The SMILES string of the molecule is COc1ccc(C2COc3cc(OC)cc(OC)c3C2=O)cc1. The fraction of sp³-hybridized carbons (Fsp3) is 0.278. The Bertz CT molecular complexity index is 704. The average Bonchev–Trinajstić information content (AvgIpc) is 2.61. The Morgan fingerprint density at radius 2 is 1.65 bits per heavy atom. The highest BCUT2D eigenvalue weighted by molar-refractivity contribution is 6.06. The van der Waals surface area contributed by atoms with E-state index in [0.717, 1.165) is 11.3 Å². The number of rotatable bonds is 4. The van der Waals surface area contributed by atoms with E-state index in [0.29, 0.717) is 22.8 Å². The molecule has 120 valence electrons. The lowest BCUT2D eigenvalue weighted by molar-refractivity contribution is 0.0891. The largest absolute Gasteiger partial charge is 0.497 e. The van der Waals surface area contributed by atoms with E-state index in [1.165, 1.54) is 7.11 Å². The normalized spacial score (nSPS) is 16.3. The van der Waals surface area contributed by atoms with Gasteiger partial charge in [0.25, 0.3) is 0 Å². The molecule has 0 amide bonds. The van der Waals surface area contributed by atoms with Gasteiger partial charge in [0, 0.05) is 12.1 Å². The van der Waals surface area contributed by atoms with E-state index in [2.05, 4.69) is 0 Å². The molecule has 3 rings (SSSR count). The maximum Gasteiger partial charge on any atom is 0.181 e. The molecule has 5 nitrogen and oxygen atoms in total. The molecule has 0 N–H and O–H groups in total. The van der Waals surface area contributed by atoms with Gasteiger partial charge in [-0.3, -0.25) is 4.79 Å². The van der Waals surface area contributed by atoms with Crippen LogP contribution in [0.15, 0.2) is 36.4 Å². The summed E-state index contributed by atoms with van der Waals surface area (Å²) in [6, 6.07) is 10.8. The van der Waals surface area contributed by atoms with Crippen molar-refractivity contribution in [2.45, 2.75) is 5.92 Å². The third-order valence-corrected chi connectivity index (χ3v) is 3.98. The summed E-state index contributed by atoms with van der Waals surface area (Å²) >= 11 is 0. The molecule has 1 aliphatic heterocycles. The van der Waals surface area contributed by atoms with Gasteiger partial charge in [-0.1, -0.05) is 12.1 Å². The molecule has 0 radical (unpaired) electrons. The number of carbonyl (C=O) groups excluding carboxylic acids is 1. The van der Waals surface area contributed by atoms with Crippen LogP contribution in [0.25, 0.3) is 0 Å². The number of carbonyl (C=O) groups is 1. The van der Waals surface area contributed by atoms with Crippen LogP contribution in [0.5, 0.6) is 23.0 Å². The lowest BCUT2D eigenvalue weighted by Gasteiger charge is -2.26. The molecule has 23 heavy (non-hydrogen) atoms. The number of ether oxygens (including phenoxy) is 4. The molecule has 0 fully saturated rings. The number of methoxy groups -OCH3 is 3. The second kappa shape index (κ2) is 6.20. The molecule has 1 heterocycles. The quantitative estimate of drug-likeness (QED) is 0.868. The maximum atomic E-state index is 12.9. The number of ketones is 1. The minimum absolute atomic E-state index is 0.0177. The molecule has 0 aromatic heterocycles. The van der Waals surface area contributed by atoms with Crippen molar-refractivity contribution in [3.63, 3.8) is 0 Å². The molecular formula is C18H18O5. The van der Waals surface area contributed by atoms with Gasteiger partial charge in [-0.2, -0.15) is 0 Å². The predicted molar refractivity (Wildman–Crippen MR) is 85.1 cm³/mol. The van der Waals surface area contributed by atoms with Gasteiger partial charge in [0.15, 0.2) is 5.78 Å². The van der Waals surface area contributed by atoms with Crippen LogP contribution in [-0.4, -0.2) is 33.7 Å². The molecule has 5 heteroatoms. The molecule has 1 aliphatic rings. The zero-order valence-corrected chi connectivity index (χ0v) is 13.3. The fourth-order valence-electron chi connectivity index (χ4n) is 2.71. The molecule has 2 aromatic carbocycles. The number of benzene rings is 2. The van der Waals surface area contributed by atoms with E-state index in [-0.39, 0.29) is 18.3 Å². The fourth-order valence-corrected chi connectivity index (χ4v) is 2.71. The first-order chi connectivity index (χ1) is 11.2. The van der Waals surface area contributed by atoms with Gasteiger partial charge in [-0.25, -0.2) is 0 Å². The van der Waals surface area contributed by atoms with Crippen LogP contribution in [-0.2, 0) is 0 Å². The lowest BCUT2D eigenvalue weighted by atomic mass is 9.88. The summed E-state index contributed by atoms with van der Waals surface area (Å²) in [6.45, 7) is 0.286. The van der Waals surface area contributed by atoms with E-state index in [4.69, 9.17) is 18.9 Å². The van der Waals surface area contributed by atoms with Crippen LogP contribution in [0.1, 0.15) is 21.8 Å². The van der Waals surface area contributed by atoms with Crippen molar-refractivity contribution in [1.82, 2.24) is 0 Å². The molecule has 1 atom stereocenters. The van der Waals surface area contributed by atoms with Gasteiger partial charge in [-0.15, -0.1) is 0 Å². The molecule has 0 bridgehead atoms. The van der Waals surface area contributed by atoms with Gasteiger partial charge in [0.05, 0.1) is 27.2 Å². The van der Waals surface area contributed by atoms with E-state index < -0.39 is 0 Å². The van der Waals surface area contributed by atoms with E-state index >= 15 is 0 Å². The van der Waals surface area contributed by atoms with Crippen LogP contribution in [0.2, 0.25) is 0 Å². The summed E-state index contributed by atoms with van der Waals surface area (Å²) in [6.07, 6.45) is 0. The van der Waals surface area contributed by atoms with Crippen molar-refractivity contribution >= 4 is 5.78 Å². The number of hydrogen-bond donors (Lipinski definition) is 0. The molecule has 0 spiro atoms. The predicted octanol–water partition coefficient (Wildman–Crippen LogP) is 3.07. The summed E-state index contributed by atoms with van der Waals surface area (Å²) in [5.41, 5.74) is 1.35. The van der Waals surface area contributed by atoms with Crippen molar-refractivity contribution < 1.29 is 23.7 Å². The number of hydrogen-bond acceptors (Lipinski definition) is 5. The Balaban J connectivity index is 1.99. The van der Waals surface area contributed by atoms with E-state index in [1.54, 1.807) is 26.4 Å². The highest BCUT2D eigenvalue weighted by Crippen LogP contribution is 2.41. The van der Waals surface area contributed by atoms with Crippen molar-refractivity contribution in [3.8, 4) is 23.0 Å². The van der Waals surface area contributed by atoms with Crippen molar-refractivity contribution in [1.29, 1.82) is 0 Å². The monoisotopic (exact) mass is 314 g/mol. The third kappa shape index (κ3) is 2.70. The highest BCUT2D eigenvalue weighted by Gasteiger charge is 2.33. The zero-order valence-electron chi connectivity index (χ0n) is 13.3. The first kappa shape index (κ1) is 15.2. The van der Waals surface area contributed by atoms with Gasteiger partial charge in [0.1, 0.15) is 35.2 Å². The second-order valence-electron chi connectivity index (χ2n) is 5.20. The Hall–Kier alpha value is -2.69. The van der Waals surface area contributed by atoms with Crippen LogP contribution < -0.4 is 18.9 Å². The Kier molecular flexibility index (Phi) is 4.10. The van der Waals surface area contributed by atoms with Crippen LogP contribution in [0.4, 0.5) is 0 Å². The second-order valence-corrected chi connectivity index (χ2v) is 5.20. The van der Waals surface area contributed by atoms with Crippen LogP contribution >= 0.6 is 0 Å². The zero-order chi connectivity index (χ0) is 16.4. The molecule has 2 aromatic rings. The lowest BCUT2D eigenvalue weighted by Crippen LogP contribution is -2.26. The minimum atomic E-state index is -0.365. The topological polar surface area (TPSA) is 54.0 Å². The smallest absolute Gasteiger partial charge is 0.181 e. The first-order valence-electron chi connectivity index (χ1n) is 7.25. The summed E-state index contributed by atoms with van der Waals surface area (Å²) in [7, 11) is 4.70. The average molecular weight is 314 g/mol. The molecular weight excluding hydrogens is 296 g/mol. The Morgan fingerprint density at radius 3 is 2.26 bits per heavy atom. The third-order valence-electron chi connectivity index (χ3n) is 3.98. The maximum absolute atomic E-state index is 12.9. The van der Waals surface area contributed by atoms with E-state index in [9.17, 15) is 4.79 Å². The number of fused-ring (bicyclic) bond motifs is 1. The molecule has 1 unspecified atom stereocenters. The van der Waals surface area contributed by atoms with Gasteiger partial charge in [0.2, 0.25) is 0 Å². The summed E-state index contributed by atoms with van der Waals surface area (Å²) in [5.74, 6) is 1.92. The summed E-state index contributed by atoms with van der Waals surface area (Å²) in [4.78, 5) is 12.9. The van der Waals surface area contributed by atoms with Gasteiger partial charge in [-0.05, 0) is 17.7 Å².